The summed E-state index contributed by atoms with van der Waals surface area (Å²) in [4.78, 5) is 11.6. The molecule has 1 aromatic rings. The van der Waals surface area contributed by atoms with Gasteiger partial charge in [0.25, 0.3) is 0 Å². The number of hydrogen-bond donors (Lipinski definition) is 2. The Morgan fingerprint density at radius 1 is 1.35 bits per heavy atom. The van der Waals surface area contributed by atoms with Crippen LogP contribution >= 0.6 is 11.6 Å². The molecular formula is C13H18ClNO2. The van der Waals surface area contributed by atoms with Crippen LogP contribution in [0, 0.1) is 0 Å². The molecule has 1 aromatic carbocycles. The van der Waals surface area contributed by atoms with Crippen LogP contribution in [-0.2, 0) is 11.2 Å². The number of hydrogen-bond acceptors (Lipinski definition) is 2. The maximum atomic E-state index is 11.6. The molecule has 1 rings (SSSR count). The number of halogens is 1. The number of amides is 1. The van der Waals surface area contributed by atoms with Crippen molar-refractivity contribution >= 4 is 17.5 Å². The highest BCUT2D eigenvalue weighted by atomic mass is 35.5. The smallest absolute Gasteiger partial charge is 0.220 e. The van der Waals surface area contributed by atoms with Gasteiger partial charge >= 0.3 is 0 Å². The monoisotopic (exact) mass is 255 g/mol. The lowest BCUT2D eigenvalue weighted by molar-refractivity contribution is -0.123. The van der Waals surface area contributed by atoms with Crippen molar-refractivity contribution in [3.8, 4) is 0 Å². The highest BCUT2D eigenvalue weighted by Crippen LogP contribution is 2.11. The molecule has 2 N–H and O–H groups in total. The second-order valence-corrected chi connectivity index (χ2v) is 5.15. The summed E-state index contributed by atoms with van der Waals surface area (Å²) in [6, 6.07) is 7.44. The topological polar surface area (TPSA) is 49.3 Å². The van der Waals surface area contributed by atoms with E-state index in [9.17, 15) is 4.79 Å². The van der Waals surface area contributed by atoms with Crippen LogP contribution in [0.4, 0.5) is 0 Å². The predicted molar refractivity (Wildman–Crippen MR) is 69.1 cm³/mol. The van der Waals surface area contributed by atoms with E-state index in [-0.39, 0.29) is 12.5 Å². The van der Waals surface area contributed by atoms with Crippen molar-refractivity contribution < 1.29 is 9.90 Å². The Bertz CT molecular complexity index is 374. The Kier molecular flexibility index (Phi) is 4.97. The SMILES string of the molecule is CC(C)(CO)NC(=O)CCc1ccc(Cl)cc1. The number of aliphatic hydroxyl groups excluding tert-OH is 1. The minimum Gasteiger partial charge on any atom is -0.394 e. The highest BCUT2D eigenvalue weighted by molar-refractivity contribution is 6.30. The lowest BCUT2D eigenvalue weighted by atomic mass is 10.1. The second kappa shape index (κ2) is 6.03. The van der Waals surface area contributed by atoms with Crippen LogP contribution in [0.3, 0.4) is 0 Å². The zero-order chi connectivity index (χ0) is 12.9. The van der Waals surface area contributed by atoms with E-state index < -0.39 is 5.54 Å². The van der Waals surface area contributed by atoms with Crippen LogP contribution in [-0.4, -0.2) is 23.2 Å². The second-order valence-electron chi connectivity index (χ2n) is 4.72. The normalized spacial score (nSPS) is 11.3. The van der Waals surface area contributed by atoms with Crippen LogP contribution in [0.15, 0.2) is 24.3 Å². The fraction of sp³-hybridized carbons (Fsp3) is 0.462. The van der Waals surface area contributed by atoms with Crippen molar-refractivity contribution in [3.63, 3.8) is 0 Å². The standard InChI is InChI=1S/C13H18ClNO2/c1-13(2,9-16)15-12(17)8-5-10-3-6-11(14)7-4-10/h3-4,6-7,16H,5,8-9H2,1-2H3,(H,15,17). The molecule has 0 saturated heterocycles. The zero-order valence-corrected chi connectivity index (χ0v) is 10.9. The number of aliphatic hydroxyl groups is 1. The first-order valence-electron chi connectivity index (χ1n) is 5.59. The fourth-order valence-electron chi connectivity index (χ4n) is 1.39. The van der Waals surface area contributed by atoms with E-state index >= 15 is 0 Å². The zero-order valence-electron chi connectivity index (χ0n) is 10.2. The van der Waals surface area contributed by atoms with Gasteiger partial charge in [0.2, 0.25) is 5.91 Å². The number of aryl methyl sites for hydroxylation is 1. The summed E-state index contributed by atoms with van der Waals surface area (Å²) in [6.45, 7) is 3.50. The van der Waals surface area contributed by atoms with Crippen molar-refractivity contribution in [2.75, 3.05) is 6.61 Å². The molecule has 0 bridgehead atoms. The molecule has 4 heteroatoms. The van der Waals surface area contributed by atoms with Gasteiger partial charge in [-0.25, -0.2) is 0 Å². The molecular weight excluding hydrogens is 238 g/mol. The molecule has 0 heterocycles. The summed E-state index contributed by atoms with van der Waals surface area (Å²) >= 11 is 5.77. The Balaban J connectivity index is 2.41. The number of benzene rings is 1. The van der Waals surface area contributed by atoms with Gasteiger partial charge in [0.1, 0.15) is 0 Å². The van der Waals surface area contributed by atoms with Gasteiger partial charge in [-0.15, -0.1) is 0 Å². The first-order valence-corrected chi connectivity index (χ1v) is 5.97. The first kappa shape index (κ1) is 14.0. The van der Waals surface area contributed by atoms with Gasteiger partial charge in [-0.1, -0.05) is 23.7 Å². The molecule has 0 aromatic heterocycles. The molecule has 0 fully saturated rings. The van der Waals surface area contributed by atoms with Crippen molar-refractivity contribution in [1.82, 2.24) is 5.32 Å². The summed E-state index contributed by atoms with van der Waals surface area (Å²) in [5.41, 5.74) is 0.517. The van der Waals surface area contributed by atoms with Crippen molar-refractivity contribution in [1.29, 1.82) is 0 Å². The number of carbonyl (C=O) groups excluding carboxylic acids is 1. The number of nitrogens with one attached hydrogen (secondary N) is 1. The fourth-order valence-corrected chi connectivity index (χ4v) is 1.51. The minimum absolute atomic E-state index is 0.0565. The van der Waals surface area contributed by atoms with E-state index in [0.29, 0.717) is 17.9 Å². The molecule has 0 spiro atoms. The Morgan fingerprint density at radius 2 is 1.94 bits per heavy atom. The number of rotatable bonds is 5. The van der Waals surface area contributed by atoms with Gasteiger partial charge in [-0.2, -0.15) is 0 Å². The third-order valence-electron chi connectivity index (χ3n) is 2.43. The maximum absolute atomic E-state index is 11.6. The average Bonchev–Trinajstić information content (AvgIpc) is 2.28. The van der Waals surface area contributed by atoms with Gasteiger partial charge in [0.05, 0.1) is 12.1 Å². The summed E-state index contributed by atoms with van der Waals surface area (Å²) in [7, 11) is 0. The predicted octanol–water partition coefficient (Wildman–Crippen LogP) is 2.16. The molecule has 17 heavy (non-hydrogen) atoms. The molecule has 0 aliphatic carbocycles. The van der Waals surface area contributed by atoms with Gasteiger partial charge in [0.15, 0.2) is 0 Å². The third-order valence-corrected chi connectivity index (χ3v) is 2.68. The lowest BCUT2D eigenvalue weighted by Gasteiger charge is -2.23. The van der Waals surface area contributed by atoms with Crippen LogP contribution in [0.2, 0.25) is 5.02 Å². The highest BCUT2D eigenvalue weighted by Gasteiger charge is 2.18. The first-order chi connectivity index (χ1) is 7.93. The van der Waals surface area contributed by atoms with E-state index in [2.05, 4.69) is 5.32 Å². The minimum atomic E-state index is -0.558. The summed E-state index contributed by atoms with van der Waals surface area (Å²) < 4.78 is 0. The number of carbonyl (C=O) groups is 1. The van der Waals surface area contributed by atoms with Gasteiger partial charge in [-0.3, -0.25) is 4.79 Å². The van der Waals surface area contributed by atoms with Crippen molar-refractivity contribution in [3.05, 3.63) is 34.9 Å². The van der Waals surface area contributed by atoms with Gasteiger partial charge in [0, 0.05) is 11.4 Å². The van der Waals surface area contributed by atoms with Crippen LogP contribution in [0.1, 0.15) is 25.8 Å². The van der Waals surface area contributed by atoms with Gasteiger partial charge in [-0.05, 0) is 38.0 Å². The van der Waals surface area contributed by atoms with E-state index in [1.165, 1.54) is 0 Å². The van der Waals surface area contributed by atoms with Crippen LogP contribution in [0.5, 0.6) is 0 Å². The molecule has 0 saturated carbocycles. The van der Waals surface area contributed by atoms with Crippen LogP contribution in [0.25, 0.3) is 0 Å². The molecule has 94 valence electrons. The van der Waals surface area contributed by atoms with E-state index in [1.54, 1.807) is 13.8 Å². The molecule has 0 aliphatic rings. The average molecular weight is 256 g/mol. The summed E-state index contributed by atoms with van der Waals surface area (Å²) in [5, 5.41) is 12.5. The quantitative estimate of drug-likeness (QED) is 0.847. The van der Waals surface area contributed by atoms with E-state index in [4.69, 9.17) is 16.7 Å². The van der Waals surface area contributed by atoms with Crippen LogP contribution < -0.4 is 5.32 Å². The Hall–Kier alpha value is -1.06. The maximum Gasteiger partial charge on any atom is 0.220 e. The van der Waals surface area contributed by atoms with Crippen molar-refractivity contribution in [2.45, 2.75) is 32.2 Å². The molecule has 0 atom stereocenters. The summed E-state index contributed by atoms with van der Waals surface area (Å²) in [6.07, 6.45) is 1.08. The largest absolute Gasteiger partial charge is 0.394 e. The Morgan fingerprint density at radius 3 is 2.47 bits per heavy atom. The van der Waals surface area contributed by atoms with Crippen molar-refractivity contribution in [2.24, 2.45) is 0 Å². The molecule has 1 amide bonds. The van der Waals surface area contributed by atoms with E-state index in [1.807, 2.05) is 24.3 Å². The Labute approximate surface area is 107 Å². The lowest BCUT2D eigenvalue weighted by Crippen LogP contribution is -2.46. The molecule has 3 nitrogen and oxygen atoms in total. The summed E-state index contributed by atoms with van der Waals surface area (Å²) in [5.74, 6) is -0.0565. The van der Waals surface area contributed by atoms with E-state index in [0.717, 1.165) is 5.56 Å². The molecule has 0 radical (unpaired) electrons. The molecule has 0 unspecified atom stereocenters. The molecule has 0 aliphatic heterocycles. The third kappa shape index (κ3) is 5.20. The van der Waals surface area contributed by atoms with Gasteiger partial charge < -0.3 is 10.4 Å².